The van der Waals surface area contributed by atoms with Crippen molar-refractivity contribution in [1.29, 1.82) is 0 Å². The number of hydrogen-bond donors (Lipinski definition) is 1. The van der Waals surface area contributed by atoms with Crippen LogP contribution < -0.4 is 11.3 Å². The number of hydrogen-bond acceptors (Lipinski definition) is 5. The van der Waals surface area contributed by atoms with Crippen LogP contribution in [0.15, 0.2) is 53.6 Å². The largest absolute Gasteiger partial charge is 0.368 e. The summed E-state index contributed by atoms with van der Waals surface area (Å²) >= 11 is 0. The molecule has 3 heterocycles. The maximum absolute atomic E-state index is 13.8. The molecule has 148 valence electrons. The van der Waals surface area contributed by atoms with Gasteiger partial charge in [-0.15, -0.1) is 0 Å². The molecule has 1 atom stereocenters. The number of benzene rings is 1. The van der Waals surface area contributed by atoms with Gasteiger partial charge in [0.05, 0.1) is 17.3 Å². The number of halogens is 1. The summed E-state index contributed by atoms with van der Waals surface area (Å²) in [6, 6.07) is 8.76. The molecule has 1 fully saturated rings. The number of nitrogen functional groups attached to an aromatic ring is 1. The Morgan fingerprint density at radius 2 is 2.10 bits per heavy atom. The standard InChI is InChI=1S/C21H20FN5O2/c1-26-12-14(7-8-18(26)28)20(29)27-9-3-6-17(27)19-16(11-24-21(23)25-19)13-4-2-5-15(22)10-13/h2,4-5,7-8,10-12,17H,3,6,9H2,1H3,(H2,23,24,25). The summed E-state index contributed by atoms with van der Waals surface area (Å²) in [5.41, 5.74) is 7.94. The molecule has 1 aliphatic heterocycles. The van der Waals surface area contributed by atoms with Gasteiger partial charge < -0.3 is 15.2 Å². The molecule has 0 radical (unpaired) electrons. The molecule has 0 saturated carbocycles. The quantitative estimate of drug-likeness (QED) is 0.738. The lowest BCUT2D eigenvalue weighted by molar-refractivity contribution is 0.0732. The van der Waals surface area contributed by atoms with E-state index in [1.54, 1.807) is 30.3 Å². The van der Waals surface area contributed by atoms with Gasteiger partial charge in [-0.2, -0.15) is 0 Å². The number of nitrogens with two attached hydrogens (primary N) is 1. The fourth-order valence-electron chi connectivity index (χ4n) is 3.72. The first-order valence-corrected chi connectivity index (χ1v) is 9.30. The Balaban J connectivity index is 1.75. The van der Waals surface area contributed by atoms with Gasteiger partial charge in [0.2, 0.25) is 11.5 Å². The van der Waals surface area contributed by atoms with E-state index in [2.05, 4.69) is 9.97 Å². The van der Waals surface area contributed by atoms with Crippen LogP contribution in [0.2, 0.25) is 0 Å². The van der Waals surface area contributed by atoms with Gasteiger partial charge in [-0.1, -0.05) is 12.1 Å². The molecule has 4 rings (SSSR count). The lowest BCUT2D eigenvalue weighted by Gasteiger charge is -2.26. The number of carbonyl (C=O) groups is 1. The number of carbonyl (C=O) groups excluding carboxylic acids is 1. The van der Waals surface area contributed by atoms with Crippen LogP contribution in [0.1, 0.15) is 34.9 Å². The minimum atomic E-state index is -0.366. The second kappa shape index (κ2) is 7.46. The molecular formula is C21H20FN5O2. The summed E-state index contributed by atoms with van der Waals surface area (Å²) in [4.78, 5) is 35.0. The molecule has 3 aromatic rings. The Morgan fingerprint density at radius 3 is 2.86 bits per heavy atom. The molecule has 1 aromatic carbocycles. The monoisotopic (exact) mass is 393 g/mol. The van der Waals surface area contributed by atoms with E-state index in [4.69, 9.17) is 5.73 Å². The van der Waals surface area contributed by atoms with E-state index >= 15 is 0 Å². The van der Waals surface area contributed by atoms with E-state index < -0.39 is 0 Å². The lowest BCUT2D eigenvalue weighted by Crippen LogP contribution is -2.32. The van der Waals surface area contributed by atoms with Crippen molar-refractivity contribution in [3.63, 3.8) is 0 Å². The van der Waals surface area contributed by atoms with Crippen molar-refractivity contribution >= 4 is 11.9 Å². The van der Waals surface area contributed by atoms with Crippen molar-refractivity contribution in [2.45, 2.75) is 18.9 Å². The van der Waals surface area contributed by atoms with Crippen LogP contribution in [0.25, 0.3) is 11.1 Å². The highest BCUT2D eigenvalue weighted by Gasteiger charge is 2.33. The summed E-state index contributed by atoms with van der Waals surface area (Å²) in [6.07, 6.45) is 4.60. The Kier molecular flexibility index (Phi) is 4.84. The highest BCUT2D eigenvalue weighted by Crippen LogP contribution is 2.37. The number of nitrogens with zero attached hydrogens (tertiary/aromatic N) is 4. The zero-order valence-electron chi connectivity index (χ0n) is 15.9. The summed E-state index contributed by atoms with van der Waals surface area (Å²) in [5, 5.41) is 0. The van der Waals surface area contributed by atoms with Gasteiger partial charge in [-0.05, 0) is 36.6 Å². The van der Waals surface area contributed by atoms with Crippen LogP contribution in [-0.4, -0.2) is 31.9 Å². The van der Waals surface area contributed by atoms with Gasteiger partial charge in [0.15, 0.2) is 0 Å². The molecule has 2 aromatic heterocycles. The summed E-state index contributed by atoms with van der Waals surface area (Å²) in [6.45, 7) is 0.554. The maximum atomic E-state index is 13.8. The normalized spacial score (nSPS) is 16.2. The van der Waals surface area contributed by atoms with Gasteiger partial charge >= 0.3 is 0 Å². The SMILES string of the molecule is Cn1cc(C(=O)N2CCCC2c2nc(N)ncc2-c2cccc(F)c2)ccc1=O. The number of amides is 1. The fraction of sp³-hybridized carbons (Fsp3) is 0.238. The molecule has 1 aliphatic rings. The second-order valence-electron chi connectivity index (χ2n) is 7.06. The maximum Gasteiger partial charge on any atom is 0.255 e. The van der Waals surface area contributed by atoms with Gasteiger partial charge in [0.1, 0.15) is 5.82 Å². The van der Waals surface area contributed by atoms with Gasteiger partial charge in [-0.3, -0.25) is 9.59 Å². The Hall–Kier alpha value is -3.55. The van der Waals surface area contributed by atoms with Gasteiger partial charge in [0.25, 0.3) is 5.91 Å². The molecule has 1 unspecified atom stereocenters. The first-order valence-electron chi connectivity index (χ1n) is 9.30. The van der Waals surface area contributed by atoms with E-state index in [-0.39, 0.29) is 29.3 Å². The Bertz CT molecular complexity index is 1140. The molecule has 8 heteroatoms. The van der Waals surface area contributed by atoms with Crippen LogP contribution in [0.4, 0.5) is 10.3 Å². The third-order valence-electron chi connectivity index (χ3n) is 5.13. The van der Waals surface area contributed by atoms with Crippen LogP contribution in [0.3, 0.4) is 0 Å². The third-order valence-corrected chi connectivity index (χ3v) is 5.13. The van der Waals surface area contributed by atoms with Crippen molar-refractivity contribution in [2.75, 3.05) is 12.3 Å². The van der Waals surface area contributed by atoms with Crippen molar-refractivity contribution in [3.05, 3.63) is 76.2 Å². The Labute approximate surface area is 166 Å². The molecule has 2 N–H and O–H groups in total. The van der Waals surface area contributed by atoms with Crippen LogP contribution in [-0.2, 0) is 7.05 Å². The number of aromatic nitrogens is 3. The molecule has 0 bridgehead atoms. The van der Waals surface area contributed by atoms with Crippen LogP contribution >= 0.6 is 0 Å². The van der Waals surface area contributed by atoms with Crippen molar-refractivity contribution < 1.29 is 9.18 Å². The second-order valence-corrected chi connectivity index (χ2v) is 7.06. The van der Waals surface area contributed by atoms with Crippen LogP contribution in [0.5, 0.6) is 0 Å². The first-order chi connectivity index (χ1) is 13.9. The third kappa shape index (κ3) is 3.61. The smallest absolute Gasteiger partial charge is 0.255 e. The molecular weight excluding hydrogens is 373 g/mol. The topological polar surface area (TPSA) is 94.1 Å². The number of rotatable bonds is 3. The number of likely N-dealkylation sites (tertiary alicyclic amines) is 1. The van der Waals surface area contributed by atoms with Crippen LogP contribution in [0, 0.1) is 5.82 Å². The van der Waals surface area contributed by atoms with Crippen molar-refractivity contribution in [3.8, 4) is 11.1 Å². The molecule has 7 nitrogen and oxygen atoms in total. The lowest BCUT2D eigenvalue weighted by atomic mass is 9.99. The van der Waals surface area contributed by atoms with E-state index in [1.807, 2.05) is 0 Å². The fourth-order valence-corrected chi connectivity index (χ4v) is 3.72. The summed E-state index contributed by atoms with van der Waals surface area (Å²) < 4.78 is 15.2. The van der Waals surface area contributed by atoms with E-state index in [0.717, 1.165) is 6.42 Å². The van der Waals surface area contributed by atoms with E-state index in [9.17, 15) is 14.0 Å². The molecule has 29 heavy (non-hydrogen) atoms. The number of anilines is 1. The highest BCUT2D eigenvalue weighted by molar-refractivity contribution is 5.94. The predicted octanol–water partition coefficient (Wildman–Crippen LogP) is 2.54. The molecule has 1 amide bonds. The zero-order valence-corrected chi connectivity index (χ0v) is 15.9. The van der Waals surface area contributed by atoms with Crippen molar-refractivity contribution in [1.82, 2.24) is 19.4 Å². The summed E-state index contributed by atoms with van der Waals surface area (Å²) in [7, 11) is 1.60. The minimum Gasteiger partial charge on any atom is -0.368 e. The van der Waals surface area contributed by atoms with Gasteiger partial charge in [-0.25, -0.2) is 14.4 Å². The summed E-state index contributed by atoms with van der Waals surface area (Å²) in [5.74, 6) is -0.457. The van der Waals surface area contributed by atoms with E-state index in [1.165, 1.54) is 35.0 Å². The zero-order chi connectivity index (χ0) is 20.5. The Morgan fingerprint density at radius 1 is 1.28 bits per heavy atom. The number of aryl methyl sites for hydroxylation is 1. The average Bonchev–Trinajstić information content (AvgIpc) is 3.19. The first kappa shape index (κ1) is 18.8. The molecule has 0 spiro atoms. The average molecular weight is 393 g/mol. The molecule has 1 saturated heterocycles. The highest BCUT2D eigenvalue weighted by atomic mass is 19.1. The molecule has 0 aliphatic carbocycles. The van der Waals surface area contributed by atoms with Crippen molar-refractivity contribution in [2.24, 2.45) is 7.05 Å². The predicted molar refractivity (Wildman–Crippen MR) is 107 cm³/mol. The minimum absolute atomic E-state index is 0.0987. The van der Waals surface area contributed by atoms with E-state index in [0.29, 0.717) is 35.3 Å². The number of pyridine rings is 1. The van der Waals surface area contributed by atoms with Gasteiger partial charge in [0, 0.05) is 37.6 Å².